The molecule has 2 aromatic heterocycles. The summed E-state index contributed by atoms with van der Waals surface area (Å²) in [5.41, 5.74) is 4.76. The number of hydrogen-bond donors (Lipinski definition) is 2. The largest absolute Gasteiger partial charge is 0.365 e. The van der Waals surface area contributed by atoms with Crippen molar-refractivity contribution in [1.82, 2.24) is 15.0 Å². The van der Waals surface area contributed by atoms with Crippen molar-refractivity contribution in [2.45, 2.75) is 0 Å². The molecule has 0 atom stereocenters. The number of nitrogens with zero attached hydrogens (tertiary/aromatic N) is 2. The Morgan fingerprint density at radius 3 is 2.87 bits per heavy atom. The van der Waals surface area contributed by atoms with Gasteiger partial charge in [0.2, 0.25) is 0 Å². The second-order valence-corrected chi connectivity index (χ2v) is 2.70. The highest BCUT2D eigenvalue weighted by Gasteiger charge is 2.07. The van der Waals surface area contributed by atoms with E-state index < -0.39 is 11.5 Å². The fraction of sp³-hybridized carbons (Fsp3) is 0. The van der Waals surface area contributed by atoms with Gasteiger partial charge < -0.3 is 10.7 Å². The quantitative estimate of drug-likeness (QED) is 0.705. The van der Waals surface area contributed by atoms with Crippen molar-refractivity contribution in [2.75, 3.05) is 0 Å². The second-order valence-electron chi connectivity index (χ2n) is 2.70. The zero-order valence-corrected chi connectivity index (χ0v) is 8.25. The van der Waals surface area contributed by atoms with Crippen LogP contribution in [0.1, 0.15) is 10.4 Å². The topological polar surface area (TPSA) is 102 Å². The normalized spacial score (nSPS) is 9.60. The Labute approximate surface area is 90.0 Å². The number of fused-ring (bicyclic) bond motifs is 1. The van der Waals surface area contributed by atoms with Gasteiger partial charge in [-0.05, 0) is 6.07 Å². The van der Waals surface area contributed by atoms with Gasteiger partial charge in [-0.25, -0.2) is 9.97 Å². The third-order valence-electron chi connectivity index (χ3n) is 1.78. The molecule has 78 valence electrons. The average Bonchev–Trinajstić information content (AvgIpc) is 2.16. The Morgan fingerprint density at radius 2 is 2.20 bits per heavy atom. The molecule has 15 heavy (non-hydrogen) atoms. The zero-order chi connectivity index (χ0) is 10.1. The lowest BCUT2D eigenvalue weighted by molar-refractivity contribution is 0.0999. The maximum atomic E-state index is 11.3. The van der Waals surface area contributed by atoms with Gasteiger partial charge in [-0.3, -0.25) is 9.59 Å². The molecule has 2 heterocycles. The van der Waals surface area contributed by atoms with Crippen molar-refractivity contribution in [2.24, 2.45) is 5.73 Å². The summed E-state index contributed by atoms with van der Waals surface area (Å²) in [4.78, 5) is 32.1. The lowest BCUT2D eigenvalue weighted by atomic mass is 10.2. The highest BCUT2D eigenvalue weighted by atomic mass is 35.5. The first-order valence-electron chi connectivity index (χ1n) is 3.81. The molecule has 2 rings (SSSR count). The van der Waals surface area contributed by atoms with E-state index in [2.05, 4.69) is 15.0 Å². The zero-order valence-electron chi connectivity index (χ0n) is 7.43. The number of carbonyl (C=O) groups is 1. The lowest BCUT2D eigenvalue weighted by Gasteiger charge is -1.97. The van der Waals surface area contributed by atoms with Crippen molar-refractivity contribution in [3.63, 3.8) is 0 Å². The first-order chi connectivity index (χ1) is 6.68. The standard InChI is InChI=1S/C8H6N4O2.ClH/c9-6(13)5-1-4-2-10-3-11-7(4)12-8(5)14;/h1-3H,(H2,9,13)(H,10,11,12,14);1H. The van der Waals surface area contributed by atoms with Crippen LogP contribution in [0.5, 0.6) is 0 Å². The number of aromatic amines is 1. The maximum absolute atomic E-state index is 11.3. The van der Waals surface area contributed by atoms with Crippen molar-refractivity contribution in [3.8, 4) is 0 Å². The lowest BCUT2D eigenvalue weighted by Crippen LogP contribution is -2.23. The van der Waals surface area contributed by atoms with Gasteiger partial charge in [0, 0.05) is 11.6 Å². The number of carbonyl (C=O) groups excluding carboxylic acids is 1. The Morgan fingerprint density at radius 1 is 1.47 bits per heavy atom. The molecule has 0 saturated carbocycles. The molecular weight excluding hydrogens is 220 g/mol. The Balaban J connectivity index is 0.00000112. The van der Waals surface area contributed by atoms with Crippen LogP contribution in [-0.2, 0) is 0 Å². The molecule has 1 amide bonds. The minimum absolute atomic E-state index is 0. The third-order valence-corrected chi connectivity index (χ3v) is 1.78. The maximum Gasteiger partial charge on any atom is 0.262 e. The number of halogens is 1. The molecule has 0 aliphatic rings. The van der Waals surface area contributed by atoms with Crippen molar-refractivity contribution >= 4 is 29.3 Å². The number of rotatable bonds is 1. The predicted molar refractivity (Wildman–Crippen MR) is 55.9 cm³/mol. The van der Waals surface area contributed by atoms with E-state index in [4.69, 9.17) is 5.73 Å². The van der Waals surface area contributed by atoms with E-state index in [1.165, 1.54) is 18.6 Å². The van der Waals surface area contributed by atoms with Gasteiger partial charge in [-0.1, -0.05) is 0 Å². The number of aromatic nitrogens is 3. The number of pyridine rings is 1. The molecule has 0 aliphatic carbocycles. The summed E-state index contributed by atoms with van der Waals surface area (Å²) >= 11 is 0. The average molecular weight is 227 g/mol. The van der Waals surface area contributed by atoms with Gasteiger partial charge in [-0.2, -0.15) is 0 Å². The van der Waals surface area contributed by atoms with E-state index in [1.807, 2.05) is 0 Å². The third kappa shape index (κ3) is 1.94. The summed E-state index contributed by atoms with van der Waals surface area (Å²) in [6, 6.07) is 1.37. The highest BCUT2D eigenvalue weighted by molar-refractivity contribution is 5.95. The summed E-state index contributed by atoms with van der Waals surface area (Å²) in [7, 11) is 0. The fourth-order valence-electron chi connectivity index (χ4n) is 1.13. The number of hydrogen-bond acceptors (Lipinski definition) is 4. The molecule has 0 radical (unpaired) electrons. The first-order valence-corrected chi connectivity index (χ1v) is 3.81. The van der Waals surface area contributed by atoms with Crippen molar-refractivity contribution in [1.29, 1.82) is 0 Å². The van der Waals surface area contributed by atoms with Gasteiger partial charge in [0.05, 0.1) is 0 Å². The monoisotopic (exact) mass is 226 g/mol. The van der Waals surface area contributed by atoms with Gasteiger partial charge in [0.25, 0.3) is 11.5 Å². The Hall–Kier alpha value is -1.95. The van der Waals surface area contributed by atoms with Crippen LogP contribution >= 0.6 is 12.4 Å². The van der Waals surface area contributed by atoms with E-state index in [0.717, 1.165) is 0 Å². The van der Waals surface area contributed by atoms with Crippen LogP contribution in [0.2, 0.25) is 0 Å². The van der Waals surface area contributed by atoms with Gasteiger partial charge >= 0.3 is 0 Å². The molecule has 0 saturated heterocycles. The number of H-pyrrole nitrogens is 1. The smallest absolute Gasteiger partial charge is 0.262 e. The molecule has 0 bridgehead atoms. The molecule has 0 aliphatic heterocycles. The van der Waals surface area contributed by atoms with Crippen LogP contribution in [0.15, 0.2) is 23.4 Å². The van der Waals surface area contributed by atoms with Crippen LogP contribution in [0.4, 0.5) is 0 Å². The summed E-state index contributed by atoms with van der Waals surface area (Å²) in [6.45, 7) is 0. The summed E-state index contributed by atoms with van der Waals surface area (Å²) < 4.78 is 0. The van der Waals surface area contributed by atoms with Crippen LogP contribution in [0.3, 0.4) is 0 Å². The molecule has 0 unspecified atom stereocenters. The molecule has 0 aromatic carbocycles. The van der Waals surface area contributed by atoms with E-state index >= 15 is 0 Å². The number of amides is 1. The van der Waals surface area contributed by atoms with E-state index in [1.54, 1.807) is 0 Å². The minimum Gasteiger partial charge on any atom is -0.365 e. The summed E-state index contributed by atoms with van der Waals surface area (Å²) in [6.07, 6.45) is 2.80. The fourth-order valence-corrected chi connectivity index (χ4v) is 1.13. The predicted octanol–water partition coefficient (Wildman–Crippen LogP) is -0.161. The molecule has 6 nitrogen and oxygen atoms in total. The molecule has 7 heteroatoms. The molecule has 0 spiro atoms. The Bertz CT molecular complexity index is 566. The molecule has 3 N–H and O–H groups in total. The van der Waals surface area contributed by atoms with E-state index in [9.17, 15) is 9.59 Å². The number of primary amides is 1. The van der Waals surface area contributed by atoms with E-state index in [0.29, 0.717) is 11.0 Å². The van der Waals surface area contributed by atoms with Gasteiger partial charge in [0.15, 0.2) is 0 Å². The minimum atomic E-state index is -0.767. The highest BCUT2D eigenvalue weighted by Crippen LogP contribution is 2.04. The van der Waals surface area contributed by atoms with Crippen LogP contribution in [-0.4, -0.2) is 20.9 Å². The van der Waals surface area contributed by atoms with Crippen LogP contribution in [0, 0.1) is 0 Å². The van der Waals surface area contributed by atoms with Crippen LogP contribution in [0.25, 0.3) is 11.0 Å². The first kappa shape index (κ1) is 11.1. The number of nitrogens with one attached hydrogen (secondary N) is 1. The van der Waals surface area contributed by atoms with Gasteiger partial charge in [-0.15, -0.1) is 12.4 Å². The van der Waals surface area contributed by atoms with Crippen molar-refractivity contribution in [3.05, 3.63) is 34.5 Å². The Kier molecular flexibility index (Phi) is 3.01. The van der Waals surface area contributed by atoms with Crippen LogP contribution < -0.4 is 11.3 Å². The summed E-state index contributed by atoms with van der Waals surface area (Å²) in [5, 5.41) is 0.570. The molecular formula is C8H7ClN4O2. The SMILES string of the molecule is Cl.NC(=O)c1cc2cncnc2[nH]c1=O. The van der Waals surface area contributed by atoms with Gasteiger partial charge in [0.1, 0.15) is 17.5 Å². The summed E-state index contributed by atoms with van der Waals surface area (Å²) in [5.74, 6) is -0.767. The second kappa shape index (κ2) is 4.05. The number of nitrogens with two attached hydrogens (primary N) is 1. The van der Waals surface area contributed by atoms with Crippen molar-refractivity contribution < 1.29 is 4.79 Å². The molecule has 0 fully saturated rings. The van der Waals surface area contributed by atoms with E-state index in [-0.39, 0.29) is 18.0 Å². The molecule has 2 aromatic rings.